The average molecular weight is 469 g/mol. The van der Waals surface area contributed by atoms with Crippen molar-refractivity contribution in [3.8, 4) is 0 Å². The summed E-state index contributed by atoms with van der Waals surface area (Å²) in [6.45, 7) is 0.532. The number of hydrogen-bond acceptors (Lipinski definition) is 5. The highest BCUT2D eigenvalue weighted by atomic mass is 32.2. The molecule has 0 N–H and O–H groups in total. The van der Waals surface area contributed by atoms with Crippen LogP contribution in [0.4, 0.5) is 10.5 Å². The van der Waals surface area contributed by atoms with Crippen LogP contribution < -0.4 is 4.90 Å². The lowest BCUT2D eigenvalue weighted by atomic mass is 10.1. The second-order valence-electron chi connectivity index (χ2n) is 7.77. The van der Waals surface area contributed by atoms with E-state index >= 15 is 0 Å². The first-order valence-electron chi connectivity index (χ1n) is 10.6. The highest BCUT2D eigenvalue weighted by Gasteiger charge is 2.36. The average Bonchev–Trinajstić information content (AvgIpc) is 3.35. The first kappa shape index (κ1) is 21.7. The Hall–Kier alpha value is -4.10. The Kier molecular flexibility index (Phi) is 5.77. The van der Waals surface area contributed by atoms with E-state index in [4.69, 9.17) is 4.74 Å². The van der Waals surface area contributed by atoms with Crippen molar-refractivity contribution in [2.45, 2.75) is 6.54 Å². The predicted octanol–water partition coefficient (Wildman–Crippen LogP) is 5.72. The molecule has 168 valence electrons. The van der Waals surface area contributed by atoms with Crippen LogP contribution in [0.2, 0.25) is 0 Å². The van der Waals surface area contributed by atoms with Gasteiger partial charge in [0.2, 0.25) is 0 Å². The van der Waals surface area contributed by atoms with Crippen LogP contribution in [-0.4, -0.2) is 28.8 Å². The van der Waals surface area contributed by atoms with E-state index in [0.29, 0.717) is 22.7 Å². The lowest BCUT2D eigenvalue weighted by Crippen LogP contribution is -2.27. The third-order valence-electron chi connectivity index (χ3n) is 5.62. The van der Waals surface area contributed by atoms with Gasteiger partial charge in [0.1, 0.15) is 0 Å². The lowest BCUT2D eigenvalue weighted by molar-refractivity contribution is -0.113. The molecule has 34 heavy (non-hydrogen) atoms. The fourth-order valence-corrected chi connectivity index (χ4v) is 4.87. The molecule has 7 heteroatoms. The van der Waals surface area contributed by atoms with Crippen molar-refractivity contribution in [1.29, 1.82) is 0 Å². The zero-order chi connectivity index (χ0) is 23.7. The molecule has 0 aliphatic carbocycles. The summed E-state index contributed by atoms with van der Waals surface area (Å²) in [6.07, 6.45) is 3.74. The Morgan fingerprint density at radius 2 is 1.74 bits per heavy atom. The predicted molar refractivity (Wildman–Crippen MR) is 134 cm³/mol. The van der Waals surface area contributed by atoms with Crippen LogP contribution in [0.3, 0.4) is 0 Å². The van der Waals surface area contributed by atoms with Crippen molar-refractivity contribution in [2.75, 3.05) is 12.0 Å². The van der Waals surface area contributed by atoms with Gasteiger partial charge in [-0.1, -0.05) is 48.5 Å². The highest BCUT2D eigenvalue weighted by Crippen LogP contribution is 2.37. The van der Waals surface area contributed by atoms with Crippen molar-refractivity contribution in [2.24, 2.45) is 0 Å². The largest absolute Gasteiger partial charge is 0.465 e. The summed E-state index contributed by atoms with van der Waals surface area (Å²) in [4.78, 5) is 39.1. The Balaban J connectivity index is 1.50. The van der Waals surface area contributed by atoms with E-state index in [0.717, 1.165) is 33.8 Å². The van der Waals surface area contributed by atoms with E-state index in [1.54, 1.807) is 36.4 Å². The number of para-hydroxylation sites is 2. The number of carbonyl (C=O) groups is 3. The van der Waals surface area contributed by atoms with Crippen LogP contribution in [0, 0.1) is 0 Å². The number of aromatic nitrogens is 1. The molecule has 0 spiro atoms. The molecule has 1 aliphatic rings. The third kappa shape index (κ3) is 4.02. The van der Waals surface area contributed by atoms with Gasteiger partial charge in [0.05, 0.1) is 23.3 Å². The number of methoxy groups -OCH3 is 1. The quantitative estimate of drug-likeness (QED) is 0.277. The SMILES string of the molecule is COC(=O)c1cccc(Cn2cc(/C=C3\SC(=O)N(c4ccccc4)C3=O)c3ccccc32)c1. The van der Waals surface area contributed by atoms with Crippen molar-refractivity contribution < 1.29 is 19.1 Å². The monoisotopic (exact) mass is 468 g/mol. The van der Waals surface area contributed by atoms with E-state index in [9.17, 15) is 14.4 Å². The van der Waals surface area contributed by atoms with Gasteiger partial charge < -0.3 is 9.30 Å². The molecule has 6 nitrogen and oxygen atoms in total. The molecule has 0 bridgehead atoms. The van der Waals surface area contributed by atoms with Crippen LogP contribution in [0.5, 0.6) is 0 Å². The number of benzene rings is 3. The normalized spacial score (nSPS) is 14.9. The Labute approximate surface area is 200 Å². The van der Waals surface area contributed by atoms with Gasteiger partial charge in [0, 0.05) is 29.2 Å². The molecule has 2 heterocycles. The van der Waals surface area contributed by atoms with Gasteiger partial charge in [-0.2, -0.15) is 0 Å². The Morgan fingerprint density at radius 1 is 0.971 bits per heavy atom. The molecule has 0 unspecified atom stereocenters. The number of fused-ring (bicyclic) bond motifs is 1. The first-order chi connectivity index (χ1) is 16.5. The standard InChI is InChI=1S/C27H20N2O4S/c1-33-26(31)19-9-7-8-18(14-19)16-28-17-20(22-12-5-6-13-23(22)28)15-24-25(30)29(27(32)34-24)21-10-3-2-4-11-21/h2-15,17H,16H2,1H3/b24-15-. The maximum absolute atomic E-state index is 13.0. The van der Waals surface area contributed by atoms with E-state index in [2.05, 4.69) is 4.57 Å². The van der Waals surface area contributed by atoms with Crippen LogP contribution in [0.25, 0.3) is 17.0 Å². The Bertz CT molecular complexity index is 1460. The minimum atomic E-state index is -0.381. The molecule has 1 aromatic heterocycles. The van der Waals surface area contributed by atoms with Crippen LogP contribution in [-0.2, 0) is 16.1 Å². The molecular weight excluding hydrogens is 448 g/mol. The number of hydrogen-bond donors (Lipinski definition) is 0. The summed E-state index contributed by atoms with van der Waals surface area (Å²) < 4.78 is 6.90. The third-order valence-corrected chi connectivity index (χ3v) is 6.48. The maximum atomic E-state index is 13.0. The van der Waals surface area contributed by atoms with Gasteiger partial charge in [-0.3, -0.25) is 9.59 Å². The molecule has 1 fully saturated rings. The number of imide groups is 1. The fourth-order valence-electron chi connectivity index (χ4n) is 4.04. The molecule has 5 rings (SSSR count). The van der Waals surface area contributed by atoms with Gasteiger partial charge in [-0.15, -0.1) is 0 Å². The van der Waals surface area contributed by atoms with Gasteiger partial charge in [-0.25, -0.2) is 9.69 Å². The van der Waals surface area contributed by atoms with Crippen molar-refractivity contribution in [3.05, 3.63) is 107 Å². The van der Waals surface area contributed by atoms with Gasteiger partial charge in [0.25, 0.3) is 11.1 Å². The molecule has 4 aromatic rings. The van der Waals surface area contributed by atoms with Crippen molar-refractivity contribution in [3.63, 3.8) is 0 Å². The van der Waals surface area contributed by atoms with Gasteiger partial charge >= 0.3 is 5.97 Å². The number of esters is 1. The number of amides is 2. The second kappa shape index (κ2) is 9.03. The summed E-state index contributed by atoms with van der Waals surface area (Å²) in [5.74, 6) is -0.710. The van der Waals surface area contributed by atoms with Crippen LogP contribution in [0.15, 0.2) is 90.0 Å². The molecular formula is C27H20N2O4S. The zero-order valence-corrected chi connectivity index (χ0v) is 19.1. The molecule has 0 saturated carbocycles. The van der Waals surface area contributed by atoms with Crippen LogP contribution >= 0.6 is 11.8 Å². The molecule has 1 aliphatic heterocycles. The van der Waals surface area contributed by atoms with Gasteiger partial charge in [-0.05, 0) is 53.7 Å². The first-order valence-corrected chi connectivity index (χ1v) is 11.4. The fraction of sp³-hybridized carbons (Fsp3) is 0.0741. The van der Waals surface area contributed by atoms with E-state index in [-0.39, 0.29) is 17.1 Å². The minimum Gasteiger partial charge on any atom is -0.465 e. The second-order valence-corrected chi connectivity index (χ2v) is 8.77. The van der Waals surface area contributed by atoms with Crippen molar-refractivity contribution in [1.82, 2.24) is 4.57 Å². The Morgan fingerprint density at radius 3 is 2.53 bits per heavy atom. The maximum Gasteiger partial charge on any atom is 0.337 e. The van der Waals surface area contributed by atoms with E-state index in [1.807, 2.05) is 54.7 Å². The van der Waals surface area contributed by atoms with Crippen molar-refractivity contribution >= 4 is 51.5 Å². The summed E-state index contributed by atoms with van der Waals surface area (Å²) in [7, 11) is 1.36. The lowest BCUT2D eigenvalue weighted by Gasteiger charge is -2.11. The molecule has 0 radical (unpaired) electrons. The number of thioether (sulfide) groups is 1. The smallest absolute Gasteiger partial charge is 0.337 e. The highest BCUT2D eigenvalue weighted by molar-refractivity contribution is 8.19. The minimum absolute atomic E-state index is 0.314. The molecule has 3 aromatic carbocycles. The summed E-state index contributed by atoms with van der Waals surface area (Å²) in [5, 5.41) is 0.656. The van der Waals surface area contributed by atoms with E-state index < -0.39 is 0 Å². The molecule has 1 saturated heterocycles. The molecule has 0 atom stereocenters. The number of nitrogens with zero attached hydrogens (tertiary/aromatic N) is 2. The number of ether oxygens (including phenoxy) is 1. The number of carbonyl (C=O) groups excluding carboxylic acids is 3. The molecule has 2 amide bonds. The van der Waals surface area contributed by atoms with Gasteiger partial charge in [0.15, 0.2) is 0 Å². The van der Waals surface area contributed by atoms with Crippen LogP contribution in [0.1, 0.15) is 21.5 Å². The zero-order valence-electron chi connectivity index (χ0n) is 18.3. The summed E-state index contributed by atoms with van der Waals surface area (Å²) >= 11 is 0.939. The number of rotatable bonds is 5. The summed E-state index contributed by atoms with van der Waals surface area (Å²) in [6, 6.07) is 24.1. The summed E-state index contributed by atoms with van der Waals surface area (Å²) in [5.41, 5.74) is 3.82. The number of anilines is 1. The van der Waals surface area contributed by atoms with E-state index in [1.165, 1.54) is 12.0 Å². The topological polar surface area (TPSA) is 68.6 Å².